The van der Waals surface area contributed by atoms with Crippen LogP contribution in [-0.2, 0) is 10.0 Å². The first-order chi connectivity index (χ1) is 10.3. The minimum Gasteiger partial charge on any atom is -0.507 e. The number of hydrazone groups is 1. The van der Waals surface area contributed by atoms with E-state index in [1.165, 1.54) is 12.3 Å². The third-order valence-corrected chi connectivity index (χ3v) is 4.71. The highest BCUT2D eigenvalue weighted by Crippen LogP contribution is 2.21. The molecule has 2 aromatic rings. The highest BCUT2D eigenvalue weighted by atomic mass is 32.2. The van der Waals surface area contributed by atoms with E-state index in [1.807, 2.05) is 19.1 Å². The Morgan fingerprint density at radius 3 is 2.27 bits per heavy atom. The molecular formula is C16H18N2O3S. The molecule has 0 aliphatic rings. The quantitative estimate of drug-likeness (QED) is 0.672. The molecule has 22 heavy (non-hydrogen) atoms. The maximum atomic E-state index is 12.4. The zero-order valence-electron chi connectivity index (χ0n) is 12.7. The van der Waals surface area contributed by atoms with Crippen LogP contribution in [0.4, 0.5) is 0 Å². The number of benzene rings is 2. The van der Waals surface area contributed by atoms with Crippen LogP contribution in [0.5, 0.6) is 5.75 Å². The smallest absolute Gasteiger partial charge is 0.277 e. The molecule has 0 fully saturated rings. The fourth-order valence-electron chi connectivity index (χ4n) is 2.40. The number of phenols is 1. The maximum Gasteiger partial charge on any atom is 0.277 e. The van der Waals surface area contributed by atoms with Gasteiger partial charge in [0.05, 0.1) is 11.1 Å². The first kappa shape index (κ1) is 16.0. The van der Waals surface area contributed by atoms with Crippen LogP contribution >= 0.6 is 0 Å². The van der Waals surface area contributed by atoms with Gasteiger partial charge in [-0.3, -0.25) is 0 Å². The number of nitrogens with zero attached hydrogens (tertiary/aromatic N) is 1. The van der Waals surface area contributed by atoms with Gasteiger partial charge in [-0.25, -0.2) is 4.83 Å². The van der Waals surface area contributed by atoms with E-state index in [4.69, 9.17) is 0 Å². The number of aryl methyl sites for hydroxylation is 3. The van der Waals surface area contributed by atoms with Gasteiger partial charge in [-0.05, 0) is 44.0 Å². The highest BCUT2D eigenvalue weighted by molar-refractivity contribution is 7.89. The number of para-hydroxylation sites is 1. The van der Waals surface area contributed by atoms with Crippen LogP contribution < -0.4 is 4.83 Å². The summed E-state index contributed by atoms with van der Waals surface area (Å²) in [4.78, 5) is 2.41. The van der Waals surface area contributed by atoms with Crippen LogP contribution in [0.1, 0.15) is 22.3 Å². The van der Waals surface area contributed by atoms with E-state index in [0.717, 1.165) is 5.56 Å². The van der Waals surface area contributed by atoms with Crippen molar-refractivity contribution in [3.8, 4) is 5.75 Å². The van der Waals surface area contributed by atoms with Gasteiger partial charge >= 0.3 is 0 Å². The summed E-state index contributed by atoms with van der Waals surface area (Å²) in [6.45, 7) is 5.42. The Bertz CT molecular complexity index is 804. The number of aromatic hydroxyl groups is 1. The predicted molar refractivity (Wildman–Crippen MR) is 86.7 cm³/mol. The van der Waals surface area contributed by atoms with Gasteiger partial charge in [0.25, 0.3) is 10.0 Å². The van der Waals surface area contributed by atoms with E-state index in [2.05, 4.69) is 9.93 Å². The number of hydrogen-bond acceptors (Lipinski definition) is 4. The molecule has 0 aliphatic carbocycles. The first-order valence-electron chi connectivity index (χ1n) is 6.72. The fraction of sp³-hybridized carbons (Fsp3) is 0.188. The van der Waals surface area contributed by atoms with Crippen molar-refractivity contribution in [3.63, 3.8) is 0 Å². The average molecular weight is 318 g/mol. The van der Waals surface area contributed by atoms with Gasteiger partial charge in [0.1, 0.15) is 5.75 Å². The molecule has 0 radical (unpaired) electrons. The van der Waals surface area contributed by atoms with Gasteiger partial charge in [0.2, 0.25) is 0 Å². The van der Waals surface area contributed by atoms with Gasteiger partial charge in [0, 0.05) is 5.56 Å². The van der Waals surface area contributed by atoms with Crippen LogP contribution in [-0.4, -0.2) is 19.7 Å². The molecule has 5 nitrogen and oxygen atoms in total. The van der Waals surface area contributed by atoms with Gasteiger partial charge in [0.15, 0.2) is 0 Å². The standard InChI is InChI=1S/C16H18N2O3S/c1-11-8-12(2)16(13(3)9-11)22(20,21)18-17-10-14-6-4-5-7-15(14)19/h4-10,18-19H,1-3H3/b17-10+. The van der Waals surface area contributed by atoms with Crippen molar-refractivity contribution in [2.75, 3.05) is 0 Å². The Labute approximate surface area is 130 Å². The number of rotatable bonds is 4. The third kappa shape index (κ3) is 3.46. The second-order valence-corrected chi connectivity index (χ2v) is 6.74. The van der Waals surface area contributed by atoms with E-state index in [0.29, 0.717) is 16.7 Å². The summed E-state index contributed by atoms with van der Waals surface area (Å²) in [5.74, 6) is 0.0353. The van der Waals surface area contributed by atoms with Crippen LogP contribution in [0.25, 0.3) is 0 Å². The van der Waals surface area contributed by atoms with Crippen molar-refractivity contribution in [3.05, 3.63) is 58.7 Å². The Morgan fingerprint density at radius 2 is 1.68 bits per heavy atom. The SMILES string of the molecule is Cc1cc(C)c(S(=O)(=O)N/N=C/c2ccccc2O)c(C)c1. The second-order valence-electron chi connectivity index (χ2n) is 5.14. The lowest BCUT2D eigenvalue weighted by molar-refractivity contribution is 0.474. The maximum absolute atomic E-state index is 12.4. The number of hydrogen-bond donors (Lipinski definition) is 2. The lowest BCUT2D eigenvalue weighted by Crippen LogP contribution is -2.20. The average Bonchev–Trinajstić information content (AvgIpc) is 2.39. The molecule has 2 aromatic carbocycles. The van der Waals surface area contributed by atoms with Crippen LogP contribution in [0.3, 0.4) is 0 Å². The van der Waals surface area contributed by atoms with Crippen molar-refractivity contribution < 1.29 is 13.5 Å². The summed E-state index contributed by atoms with van der Waals surface area (Å²) < 4.78 is 24.7. The summed E-state index contributed by atoms with van der Waals surface area (Å²) in [7, 11) is -3.75. The minimum absolute atomic E-state index is 0.0353. The van der Waals surface area contributed by atoms with E-state index in [1.54, 1.807) is 32.0 Å². The second kappa shape index (κ2) is 6.19. The van der Waals surface area contributed by atoms with Crippen molar-refractivity contribution in [2.45, 2.75) is 25.7 Å². The molecule has 2 N–H and O–H groups in total. The first-order valence-corrected chi connectivity index (χ1v) is 8.20. The zero-order valence-corrected chi connectivity index (χ0v) is 13.5. The molecule has 2 rings (SSSR count). The van der Waals surface area contributed by atoms with Crippen LogP contribution in [0, 0.1) is 20.8 Å². The van der Waals surface area contributed by atoms with E-state index in [-0.39, 0.29) is 10.6 Å². The predicted octanol–water partition coefficient (Wildman–Crippen LogP) is 2.63. The topological polar surface area (TPSA) is 78.8 Å². The molecule has 0 unspecified atom stereocenters. The van der Waals surface area contributed by atoms with Crippen molar-refractivity contribution >= 4 is 16.2 Å². The van der Waals surface area contributed by atoms with Gasteiger partial charge in [-0.2, -0.15) is 13.5 Å². The Balaban J connectivity index is 2.28. The number of nitrogens with one attached hydrogen (secondary N) is 1. The number of sulfonamides is 1. The van der Waals surface area contributed by atoms with Crippen LogP contribution in [0.15, 0.2) is 46.4 Å². The third-order valence-electron chi connectivity index (χ3n) is 3.19. The number of phenolic OH excluding ortho intramolecular Hbond substituents is 1. The molecule has 0 amide bonds. The van der Waals surface area contributed by atoms with E-state index < -0.39 is 10.0 Å². The summed E-state index contributed by atoms with van der Waals surface area (Å²) in [5.41, 5.74) is 2.78. The van der Waals surface area contributed by atoms with Crippen LogP contribution in [0.2, 0.25) is 0 Å². The van der Waals surface area contributed by atoms with E-state index >= 15 is 0 Å². The van der Waals surface area contributed by atoms with Crippen molar-refractivity contribution in [2.24, 2.45) is 5.10 Å². The summed E-state index contributed by atoms with van der Waals surface area (Å²) in [6.07, 6.45) is 1.27. The molecule has 0 bridgehead atoms. The molecule has 116 valence electrons. The Hall–Kier alpha value is -2.34. The van der Waals surface area contributed by atoms with Gasteiger partial charge in [-0.15, -0.1) is 0 Å². The molecule has 6 heteroatoms. The largest absolute Gasteiger partial charge is 0.507 e. The van der Waals surface area contributed by atoms with E-state index in [9.17, 15) is 13.5 Å². The van der Waals surface area contributed by atoms with Crippen molar-refractivity contribution in [1.29, 1.82) is 0 Å². The minimum atomic E-state index is -3.75. The fourth-order valence-corrected chi connectivity index (χ4v) is 3.65. The normalized spacial score (nSPS) is 11.8. The molecule has 0 aromatic heterocycles. The lowest BCUT2D eigenvalue weighted by atomic mass is 10.1. The Kier molecular flexibility index (Phi) is 4.51. The monoisotopic (exact) mass is 318 g/mol. The Morgan fingerprint density at radius 1 is 1.09 bits per heavy atom. The molecule has 0 spiro atoms. The highest BCUT2D eigenvalue weighted by Gasteiger charge is 2.19. The molecule has 0 heterocycles. The molecule has 0 aliphatic heterocycles. The van der Waals surface area contributed by atoms with Gasteiger partial charge < -0.3 is 5.11 Å². The molecule has 0 saturated carbocycles. The zero-order chi connectivity index (χ0) is 16.3. The molecular weight excluding hydrogens is 300 g/mol. The van der Waals surface area contributed by atoms with Gasteiger partial charge in [-0.1, -0.05) is 29.8 Å². The summed E-state index contributed by atoms with van der Waals surface area (Å²) in [5, 5.41) is 13.3. The lowest BCUT2D eigenvalue weighted by Gasteiger charge is -2.11. The summed E-state index contributed by atoms with van der Waals surface area (Å²) >= 11 is 0. The molecule has 0 saturated heterocycles. The molecule has 0 atom stereocenters. The van der Waals surface area contributed by atoms with Crippen molar-refractivity contribution in [1.82, 2.24) is 4.83 Å². The summed E-state index contributed by atoms with van der Waals surface area (Å²) in [6, 6.07) is 10.2.